The van der Waals surface area contributed by atoms with Crippen molar-refractivity contribution in [1.29, 1.82) is 0 Å². The van der Waals surface area contributed by atoms with E-state index in [9.17, 15) is 4.79 Å². The van der Waals surface area contributed by atoms with Crippen molar-refractivity contribution in [2.24, 2.45) is 5.92 Å². The van der Waals surface area contributed by atoms with Crippen LogP contribution in [0.2, 0.25) is 0 Å². The quantitative estimate of drug-likeness (QED) is 0.861. The summed E-state index contributed by atoms with van der Waals surface area (Å²) in [6, 6.07) is 10.0. The summed E-state index contributed by atoms with van der Waals surface area (Å²) in [5.41, 5.74) is 1.52. The Hall–Kier alpha value is -2.47. The molecular formula is C22H29N5O. The van der Waals surface area contributed by atoms with Gasteiger partial charge in [-0.3, -0.25) is 4.79 Å². The lowest BCUT2D eigenvalue weighted by Crippen LogP contribution is -2.51. The number of piperidine rings is 2. The Morgan fingerprint density at radius 3 is 2.82 bits per heavy atom. The number of amides is 1. The third-order valence-electron chi connectivity index (χ3n) is 6.02. The van der Waals surface area contributed by atoms with Gasteiger partial charge in [-0.2, -0.15) is 0 Å². The lowest BCUT2D eigenvalue weighted by atomic mass is 9.83. The van der Waals surface area contributed by atoms with Crippen molar-refractivity contribution in [3.05, 3.63) is 48.3 Å². The molecule has 0 bridgehead atoms. The largest absolute Gasteiger partial charge is 0.341 e. The molecule has 2 fully saturated rings. The summed E-state index contributed by atoms with van der Waals surface area (Å²) in [6.45, 7) is 3.29. The summed E-state index contributed by atoms with van der Waals surface area (Å²) in [7, 11) is 1.94. The van der Waals surface area contributed by atoms with Crippen LogP contribution >= 0.6 is 0 Å². The minimum atomic E-state index is 0.0746. The first-order chi connectivity index (χ1) is 13.7. The van der Waals surface area contributed by atoms with E-state index in [0.717, 1.165) is 12.2 Å². The monoisotopic (exact) mass is 379 g/mol. The minimum Gasteiger partial charge on any atom is -0.341 e. The molecule has 1 aromatic heterocycles. The maximum absolute atomic E-state index is 13.0. The molecule has 0 aliphatic carbocycles. The van der Waals surface area contributed by atoms with Crippen molar-refractivity contribution >= 4 is 17.5 Å². The minimum absolute atomic E-state index is 0.0746. The average Bonchev–Trinajstić information content (AvgIpc) is 2.74. The first-order valence-corrected chi connectivity index (χ1v) is 10.3. The molecule has 0 radical (unpaired) electrons. The van der Waals surface area contributed by atoms with Crippen LogP contribution < -0.4 is 5.32 Å². The fourth-order valence-electron chi connectivity index (χ4n) is 4.67. The molecule has 2 atom stereocenters. The summed E-state index contributed by atoms with van der Waals surface area (Å²) in [6.07, 6.45) is 9.79. The molecule has 0 saturated carbocycles. The second-order valence-corrected chi connectivity index (χ2v) is 7.97. The van der Waals surface area contributed by atoms with Crippen LogP contribution in [-0.2, 0) is 0 Å². The Kier molecular flexibility index (Phi) is 5.86. The molecule has 4 rings (SSSR count). The van der Waals surface area contributed by atoms with Crippen molar-refractivity contribution in [1.82, 2.24) is 19.8 Å². The van der Waals surface area contributed by atoms with Crippen molar-refractivity contribution in [2.45, 2.75) is 38.1 Å². The number of carbonyl (C=O) groups is 1. The number of rotatable bonds is 5. The molecule has 2 unspecified atom stereocenters. The normalized spacial score (nSPS) is 22.3. The number of nitrogens with zero attached hydrogens (tertiary/aromatic N) is 4. The number of hydrogen-bond donors (Lipinski definition) is 1. The van der Waals surface area contributed by atoms with Crippen molar-refractivity contribution in [2.75, 3.05) is 32.0 Å². The van der Waals surface area contributed by atoms with Crippen LogP contribution in [0.4, 0.5) is 11.6 Å². The molecular weight excluding hydrogens is 350 g/mol. The lowest BCUT2D eigenvalue weighted by molar-refractivity contribution is 0.0403. The number of benzene rings is 1. The zero-order valence-corrected chi connectivity index (χ0v) is 16.6. The van der Waals surface area contributed by atoms with Crippen molar-refractivity contribution in [3.63, 3.8) is 0 Å². The van der Waals surface area contributed by atoms with E-state index in [1.807, 2.05) is 36.2 Å². The molecule has 1 amide bonds. The highest BCUT2D eigenvalue weighted by molar-refractivity contribution is 5.95. The van der Waals surface area contributed by atoms with Gasteiger partial charge in [0.2, 0.25) is 5.95 Å². The van der Waals surface area contributed by atoms with E-state index in [0.29, 0.717) is 23.5 Å². The maximum atomic E-state index is 13.0. The van der Waals surface area contributed by atoms with Gasteiger partial charge in [0.25, 0.3) is 5.91 Å². The third-order valence-corrected chi connectivity index (χ3v) is 6.02. The summed E-state index contributed by atoms with van der Waals surface area (Å²) >= 11 is 0. The highest BCUT2D eigenvalue weighted by atomic mass is 16.2. The summed E-state index contributed by atoms with van der Waals surface area (Å²) in [4.78, 5) is 25.9. The van der Waals surface area contributed by atoms with Gasteiger partial charge in [-0.15, -0.1) is 0 Å². The molecule has 2 aliphatic rings. The predicted octanol–water partition coefficient (Wildman–Crippen LogP) is 3.56. The Balaban J connectivity index is 1.41. The van der Waals surface area contributed by atoms with Crippen LogP contribution in [0, 0.1) is 5.92 Å². The van der Waals surface area contributed by atoms with Crippen LogP contribution in [0.15, 0.2) is 42.7 Å². The number of anilines is 2. The van der Waals surface area contributed by atoms with Gasteiger partial charge < -0.3 is 15.1 Å². The number of fused-ring (bicyclic) bond motifs is 1. The van der Waals surface area contributed by atoms with Gasteiger partial charge in [-0.05, 0) is 69.0 Å². The van der Waals surface area contributed by atoms with Gasteiger partial charge in [0.15, 0.2) is 0 Å². The summed E-state index contributed by atoms with van der Waals surface area (Å²) < 4.78 is 0. The van der Waals surface area contributed by atoms with Gasteiger partial charge >= 0.3 is 0 Å². The van der Waals surface area contributed by atoms with Crippen LogP contribution in [0.1, 0.15) is 42.5 Å². The molecule has 148 valence electrons. The Morgan fingerprint density at radius 1 is 1.14 bits per heavy atom. The average molecular weight is 380 g/mol. The molecule has 2 saturated heterocycles. The molecule has 0 spiro atoms. The Labute approximate surface area is 167 Å². The van der Waals surface area contributed by atoms with Gasteiger partial charge in [-0.25, -0.2) is 9.97 Å². The summed E-state index contributed by atoms with van der Waals surface area (Å²) in [5, 5.41) is 3.16. The lowest BCUT2D eigenvalue weighted by Gasteiger charge is -2.45. The van der Waals surface area contributed by atoms with Crippen LogP contribution in [0.3, 0.4) is 0 Å². The van der Waals surface area contributed by atoms with E-state index in [1.54, 1.807) is 18.5 Å². The third kappa shape index (κ3) is 4.33. The smallest absolute Gasteiger partial charge is 0.253 e. The zero-order chi connectivity index (χ0) is 19.3. The van der Waals surface area contributed by atoms with E-state index in [-0.39, 0.29) is 5.91 Å². The highest BCUT2D eigenvalue weighted by Crippen LogP contribution is 2.31. The molecule has 2 aliphatic heterocycles. The first-order valence-electron chi connectivity index (χ1n) is 10.3. The van der Waals surface area contributed by atoms with Gasteiger partial charge in [-0.1, -0.05) is 12.5 Å². The molecule has 6 heteroatoms. The van der Waals surface area contributed by atoms with Crippen molar-refractivity contribution in [3.8, 4) is 0 Å². The number of aromatic nitrogens is 2. The fourth-order valence-corrected chi connectivity index (χ4v) is 4.67. The molecule has 1 aromatic carbocycles. The molecule has 3 heterocycles. The highest BCUT2D eigenvalue weighted by Gasteiger charge is 2.34. The number of nitrogens with one attached hydrogen (secondary N) is 1. The van der Waals surface area contributed by atoms with E-state index >= 15 is 0 Å². The number of carbonyl (C=O) groups excluding carboxylic acids is 1. The standard InChI is InChI=1S/C22H29N5O/c1-26(16-18-8-5-14-27-13-3-2-10-20(18)27)21(28)17-7-4-9-19(15-17)25-22-23-11-6-12-24-22/h4,6-7,9,11-12,15,18,20H,2-3,5,8,10,13-14,16H2,1H3,(H,23,24,25). The second-order valence-electron chi connectivity index (χ2n) is 7.97. The molecule has 1 N–H and O–H groups in total. The zero-order valence-electron chi connectivity index (χ0n) is 16.6. The first kappa shape index (κ1) is 18.9. The van der Waals surface area contributed by atoms with Crippen LogP contribution in [0.25, 0.3) is 0 Å². The van der Waals surface area contributed by atoms with E-state index < -0.39 is 0 Å². The van der Waals surface area contributed by atoms with Gasteiger partial charge in [0.1, 0.15) is 0 Å². The van der Waals surface area contributed by atoms with Crippen LogP contribution in [0.5, 0.6) is 0 Å². The van der Waals surface area contributed by atoms with Crippen LogP contribution in [-0.4, -0.2) is 58.4 Å². The molecule has 28 heavy (non-hydrogen) atoms. The Bertz CT molecular complexity index is 795. The van der Waals surface area contributed by atoms with E-state index in [4.69, 9.17) is 0 Å². The SMILES string of the molecule is CN(CC1CCCN2CCCCC12)C(=O)c1cccc(Nc2ncccn2)c1. The second kappa shape index (κ2) is 8.69. The molecule has 2 aromatic rings. The van der Waals surface area contributed by atoms with Gasteiger partial charge in [0, 0.05) is 43.3 Å². The predicted molar refractivity (Wildman–Crippen MR) is 111 cm³/mol. The topological polar surface area (TPSA) is 61.4 Å². The van der Waals surface area contributed by atoms with Crippen molar-refractivity contribution < 1.29 is 4.79 Å². The maximum Gasteiger partial charge on any atom is 0.253 e. The van der Waals surface area contributed by atoms with E-state index in [1.165, 1.54) is 45.2 Å². The van der Waals surface area contributed by atoms with Gasteiger partial charge in [0.05, 0.1) is 0 Å². The van der Waals surface area contributed by atoms with E-state index in [2.05, 4.69) is 20.2 Å². The number of hydrogen-bond acceptors (Lipinski definition) is 5. The molecule has 6 nitrogen and oxygen atoms in total. The summed E-state index contributed by atoms with van der Waals surface area (Å²) in [5.74, 6) is 1.19. The Morgan fingerprint density at radius 2 is 1.96 bits per heavy atom. The fraction of sp³-hybridized carbons (Fsp3) is 0.500.